The molecule has 3 aromatic carbocycles. The van der Waals surface area contributed by atoms with Gasteiger partial charge in [0.05, 0.1) is 0 Å². The van der Waals surface area contributed by atoms with Crippen molar-refractivity contribution in [2.45, 2.75) is 12.3 Å². The van der Waals surface area contributed by atoms with Crippen molar-refractivity contribution in [2.75, 3.05) is 30.3 Å². The molecule has 7 nitrogen and oxygen atoms in total. The molecule has 2 unspecified atom stereocenters. The fraction of sp³-hybridized carbons (Fsp3) is 0.200. The SMILES string of the molecule is O=C1Nc2ccc(-c3ccc(Cl)cc3)cc2C(O)N2CCN(C(=O)Nc3ccccc3)CC12. The summed E-state index contributed by atoms with van der Waals surface area (Å²) in [5.41, 5.74) is 3.76. The molecule has 0 bridgehead atoms. The Hall–Kier alpha value is -3.39. The summed E-state index contributed by atoms with van der Waals surface area (Å²) in [5.74, 6) is -0.246. The van der Waals surface area contributed by atoms with Crippen LogP contribution in [0.5, 0.6) is 0 Å². The minimum atomic E-state index is -0.976. The lowest BCUT2D eigenvalue weighted by molar-refractivity contribution is -0.129. The molecule has 0 spiro atoms. The van der Waals surface area contributed by atoms with E-state index in [9.17, 15) is 14.7 Å². The fourth-order valence-electron chi connectivity index (χ4n) is 4.34. The van der Waals surface area contributed by atoms with E-state index in [0.717, 1.165) is 11.1 Å². The number of anilines is 2. The van der Waals surface area contributed by atoms with Gasteiger partial charge >= 0.3 is 6.03 Å². The Kier molecular flexibility index (Phi) is 5.76. The highest BCUT2D eigenvalue weighted by molar-refractivity contribution is 6.30. The number of carbonyl (C=O) groups excluding carboxylic acids is 2. The number of para-hydroxylation sites is 1. The predicted octanol–water partition coefficient (Wildman–Crippen LogP) is 4.17. The maximum absolute atomic E-state index is 13.0. The van der Waals surface area contributed by atoms with Crippen molar-refractivity contribution in [3.05, 3.63) is 83.4 Å². The second-order valence-electron chi connectivity index (χ2n) is 8.17. The number of benzene rings is 3. The number of amides is 3. The van der Waals surface area contributed by atoms with Gasteiger partial charge in [-0.1, -0.05) is 48.0 Å². The first-order valence-corrected chi connectivity index (χ1v) is 11.1. The summed E-state index contributed by atoms with van der Waals surface area (Å²) in [7, 11) is 0. The first-order valence-electron chi connectivity index (χ1n) is 10.7. The van der Waals surface area contributed by atoms with Crippen LogP contribution in [0, 0.1) is 0 Å². The van der Waals surface area contributed by atoms with Gasteiger partial charge in [-0.2, -0.15) is 0 Å². The summed E-state index contributed by atoms with van der Waals surface area (Å²) in [6.45, 7) is 0.942. The Morgan fingerprint density at radius 1 is 1.00 bits per heavy atom. The molecule has 2 atom stereocenters. The topological polar surface area (TPSA) is 84.9 Å². The van der Waals surface area contributed by atoms with Gasteiger partial charge in [0.1, 0.15) is 12.3 Å². The smallest absolute Gasteiger partial charge is 0.321 e. The number of piperazine rings is 1. The van der Waals surface area contributed by atoms with Gasteiger partial charge in [-0.05, 0) is 47.5 Å². The standard InChI is InChI=1S/C25H23ClN4O3/c26-18-9-6-16(7-10-18)17-8-11-21-20(14-17)24(32)30-13-12-29(15-22(30)23(31)28-21)25(33)27-19-4-2-1-3-5-19/h1-11,14,22,24,32H,12-13,15H2,(H,27,33)(H,28,31). The molecule has 0 radical (unpaired) electrons. The Balaban J connectivity index is 1.37. The van der Waals surface area contributed by atoms with E-state index in [1.807, 2.05) is 66.7 Å². The monoisotopic (exact) mass is 462 g/mol. The van der Waals surface area contributed by atoms with Crippen LogP contribution in [-0.2, 0) is 4.79 Å². The Morgan fingerprint density at radius 2 is 1.73 bits per heavy atom. The van der Waals surface area contributed by atoms with Gasteiger partial charge in [-0.25, -0.2) is 4.79 Å². The van der Waals surface area contributed by atoms with Crippen molar-refractivity contribution < 1.29 is 14.7 Å². The second-order valence-corrected chi connectivity index (χ2v) is 8.60. The summed E-state index contributed by atoms with van der Waals surface area (Å²) in [4.78, 5) is 29.1. The molecule has 3 aromatic rings. The van der Waals surface area contributed by atoms with E-state index >= 15 is 0 Å². The Labute approximate surface area is 196 Å². The lowest BCUT2D eigenvalue weighted by atomic mass is 10.0. The quantitative estimate of drug-likeness (QED) is 0.533. The minimum Gasteiger partial charge on any atom is -0.374 e. The summed E-state index contributed by atoms with van der Waals surface area (Å²) >= 11 is 6.00. The maximum atomic E-state index is 13.0. The molecule has 2 aliphatic heterocycles. The fourth-order valence-corrected chi connectivity index (χ4v) is 4.46. The van der Waals surface area contributed by atoms with Crippen molar-refractivity contribution in [1.29, 1.82) is 0 Å². The van der Waals surface area contributed by atoms with Gasteiger partial charge in [-0.15, -0.1) is 0 Å². The number of urea groups is 1. The van der Waals surface area contributed by atoms with E-state index < -0.39 is 12.3 Å². The molecule has 1 saturated heterocycles. The summed E-state index contributed by atoms with van der Waals surface area (Å²) in [6, 6.07) is 21.3. The zero-order chi connectivity index (χ0) is 22.9. The number of nitrogens with zero attached hydrogens (tertiary/aromatic N) is 2. The van der Waals surface area contributed by atoms with Crippen LogP contribution in [0.2, 0.25) is 5.02 Å². The van der Waals surface area contributed by atoms with Crippen LogP contribution in [0.1, 0.15) is 11.8 Å². The molecule has 0 aliphatic carbocycles. The molecule has 8 heteroatoms. The zero-order valence-electron chi connectivity index (χ0n) is 17.7. The van der Waals surface area contributed by atoms with Crippen LogP contribution in [0.25, 0.3) is 11.1 Å². The van der Waals surface area contributed by atoms with E-state index in [4.69, 9.17) is 11.6 Å². The average molecular weight is 463 g/mol. The second kappa shape index (κ2) is 8.86. The molecule has 3 N–H and O–H groups in total. The lowest BCUT2D eigenvalue weighted by Gasteiger charge is -2.41. The number of aliphatic hydroxyl groups is 1. The normalized spacial score (nSPS) is 20.3. The number of rotatable bonds is 2. The van der Waals surface area contributed by atoms with Crippen molar-refractivity contribution >= 4 is 34.9 Å². The summed E-state index contributed by atoms with van der Waals surface area (Å²) in [5, 5.41) is 17.7. The Morgan fingerprint density at radius 3 is 2.48 bits per heavy atom. The highest BCUT2D eigenvalue weighted by Crippen LogP contribution is 2.35. The van der Waals surface area contributed by atoms with Crippen LogP contribution < -0.4 is 10.6 Å². The number of carbonyl (C=O) groups is 2. The molecule has 0 saturated carbocycles. The summed E-state index contributed by atoms with van der Waals surface area (Å²) < 4.78 is 0. The van der Waals surface area contributed by atoms with Gasteiger partial charge in [0.15, 0.2) is 0 Å². The van der Waals surface area contributed by atoms with Crippen LogP contribution in [0.4, 0.5) is 16.2 Å². The molecule has 5 rings (SSSR count). The summed E-state index contributed by atoms with van der Waals surface area (Å²) in [6.07, 6.45) is -0.976. The van der Waals surface area contributed by atoms with E-state index in [2.05, 4.69) is 10.6 Å². The third-order valence-corrected chi connectivity index (χ3v) is 6.37. The van der Waals surface area contributed by atoms with Crippen LogP contribution >= 0.6 is 11.6 Å². The molecule has 33 heavy (non-hydrogen) atoms. The van der Waals surface area contributed by atoms with Crippen molar-refractivity contribution in [3.63, 3.8) is 0 Å². The van der Waals surface area contributed by atoms with Crippen molar-refractivity contribution in [2.24, 2.45) is 0 Å². The third-order valence-electron chi connectivity index (χ3n) is 6.12. The number of hydrogen-bond acceptors (Lipinski definition) is 4. The number of aliphatic hydroxyl groups excluding tert-OH is 1. The van der Waals surface area contributed by atoms with Crippen molar-refractivity contribution in [1.82, 2.24) is 9.80 Å². The molecule has 0 aromatic heterocycles. The van der Waals surface area contributed by atoms with Gasteiger partial charge < -0.3 is 20.6 Å². The lowest BCUT2D eigenvalue weighted by Crippen LogP contribution is -2.59. The number of halogens is 1. The average Bonchev–Trinajstić information content (AvgIpc) is 2.94. The van der Waals surface area contributed by atoms with Gasteiger partial charge in [-0.3, -0.25) is 9.69 Å². The van der Waals surface area contributed by atoms with Gasteiger partial charge in [0.25, 0.3) is 0 Å². The first kappa shape index (κ1) is 21.5. The molecule has 2 aliphatic rings. The number of hydrogen-bond donors (Lipinski definition) is 3. The minimum absolute atomic E-state index is 0.180. The first-order chi connectivity index (χ1) is 16.0. The Bertz CT molecular complexity index is 1190. The molecular weight excluding hydrogens is 440 g/mol. The van der Waals surface area contributed by atoms with E-state index in [0.29, 0.717) is 35.1 Å². The van der Waals surface area contributed by atoms with E-state index in [1.165, 1.54) is 0 Å². The molecular formula is C25H23ClN4O3. The van der Waals surface area contributed by atoms with Crippen LogP contribution in [0.3, 0.4) is 0 Å². The molecule has 1 fully saturated rings. The highest BCUT2D eigenvalue weighted by atomic mass is 35.5. The zero-order valence-corrected chi connectivity index (χ0v) is 18.5. The molecule has 2 heterocycles. The van der Waals surface area contributed by atoms with Crippen LogP contribution in [-0.4, -0.2) is 52.5 Å². The van der Waals surface area contributed by atoms with Gasteiger partial charge in [0, 0.05) is 41.6 Å². The maximum Gasteiger partial charge on any atom is 0.321 e. The number of fused-ring (bicyclic) bond motifs is 2. The molecule has 3 amide bonds. The number of nitrogens with one attached hydrogen (secondary N) is 2. The van der Waals surface area contributed by atoms with Crippen LogP contribution in [0.15, 0.2) is 72.8 Å². The highest BCUT2D eigenvalue weighted by Gasteiger charge is 2.41. The predicted molar refractivity (Wildman–Crippen MR) is 128 cm³/mol. The van der Waals surface area contributed by atoms with Gasteiger partial charge in [0.2, 0.25) is 5.91 Å². The molecule has 168 valence electrons. The van der Waals surface area contributed by atoms with E-state index in [-0.39, 0.29) is 18.5 Å². The van der Waals surface area contributed by atoms with Crippen molar-refractivity contribution in [3.8, 4) is 11.1 Å². The van der Waals surface area contributed by atoms with E-state index in [1.54, 1.807) is 15.9 Å². The largest absolute Gasteiger partial charge is 0.374 e. The third kappa shape index (κ3) is 4.30.